The molecule has 0 spiro atoms. The van der Waals surface area contributed by atoms with Gasteiger partial charge in [0.15, 0.2) is 5.82 Å². The van der Waals surface area contributed by atoms with Crippen LogP contribution in [-0.4, -0.2) is 31.3 Å². The zero-order valence-corrected chi connectivity index (χ0v) is 12.1. The predicted octanol–water partition coefficient (Wildman–Crippen LogP) is 2.22. The number of aromatic nitrogens is 4. The largest absolute Gasteiger partial charge is 0.481 e. The van der Waals surface area contributed by atoms with Gasteiger partial charge in [-0.05, 0) is 46.7 Å². The Bertz CT molecular complexity index is 630. The summed E-state index contributed by atoms with van der Waals surface area (Å²) < 4.78 is 1.65. The SMILES string of the molecule is CCc1ccsc1-c1nnnn1CC1(C(=O)O)CCC1. The average Bonchev–Trinajstić information content (AvgIpc) is 3.00. The van der Waals surface area contributed by atoms with Crippen LogP contribution in [0.3, 0.4) is 0 Å². The van der Waals surface area contributed by atoms with Crippen molar-refractivity contribution < 1.29 is 9.90 Å². The van der Waals surface area contributed by atoms with Gasteiger partial charge in [0, 0.05) is 0 Å². The molecule has 2 heterocycles. The van der Waals surface area contributed by atoms with Gasteiger partial charge in [0.25, 0.3) is 0 Å². The second-order valence-corrected chi connectivity index (χ2v) is 6.14. The van der Waals surface area contributed by atoms with E-state index in [2.05, 4.69) is 28.5 Å². The van der Waals surface area contributed by atoms with Gasteiger partial charge in [-0.1, -0.05) is 13.3 Å². The van der Waals surface area contributed by atoms with Crippen LogP contribution in [0.1, 0.15) is 31.7 Å². The summed E-state index contributed by atoms with van der Waals surface area (Å²) in [4.78, 5) is 12.5. The number of aryl methyl sites for hydroxylation is 1. The number of rotatable bonds is 5. The van der Waals surface area contributed by atoms with E-state index < -0.39 is 11.4 Å². The number of carboxylic acid groups (broad SMARTS) is 1. The molecule has 20 heavy (non-hydrogen) atoms. The molecule has 0 aromatic carbocycles. The highest BCUT2D eigenvalue weighted by Gasteiger charge is 2.45. The molecule has 0 atom stereocenters. The molecule has 1 N–H and O–H groups in total. The molecule has 2 aromatic heterocycles. The zero-order chi connectivity index (χ0) is 14.2. The van der Waals surface area contributed by atoms with Crippen LogP contribution in [0.5, 0.6) is 0 Å². The lowest BCUT2D eigenvalue weighted by atomic mass is 9.69. The van der Waals surface area contributed by atoms with Crippen molar-refractivity contribution in [1.29, 1.82) is 0 Å². The Morgan fingerprint density at radius 1 is 1.55 bits per heavy atom. The van der Waals surface area contributed by atoms with Crippen LogP contribution in [0.15, 0.2) is 11.4 Å². The third kappa shape index (κ3) is 2.02. The third-order valence-corrected chi connectivity index (χ3v) is 5.03. The van der Waals surface area contributed by atoms with E-state index in [1.807, 2.05) is 5.38 Å². The van der Waals surface area contributed by atoms with Crippen molar-refractivity contribution in [3.8, 4) is 10.7 Å². The fraction of sp³-hybridized carbons (Fsp3) is 0.538. The molecule has 0 bridgehead atoms. The van der Waals surface area contributed by atoms with Crippen molar-refractivity contribution >= 4 is 17.3 Å². The van der Waals surface area contributed by atoms with E-state index in [9.17, 15) is 9.90 Å². The third-order valence-electron chi connectivity index (χ3n) is 4.08. The Hall–Kier alpha value is -1.76. The van der Waals surface area contributed by atoms with Crippen molar-refractivity contribution in [3.05, 3.63) is 17.0 Å². The first-order valence-corrected chi connectivity index (χ1v) is 7.60. The van der Waals surface area contributed by atoms with E-state index in [0.717, 1.165) is 17.7 Å². The minimum atomic E-state index is -0.743. The van der Waals surface area contributed by atoms with Gasteiger partial charge in [-0.2, -0.15) is 0 Å². The van der Waals surface area contributed by atoms with Crippen LogP contribution >= 0.6 is 11.3 Å². The van der Waals surface area contributed by atoms with Crippen molar-refractivity contribution in [3.63, 3.8) is 0 Å². The number of tetrazole rings is 1. The van der Waals surface area contributed by atoms with E-state index in [-0.39, 0.29) is 0 Å². The average molecular weight is 292 g/mol. The van der Waals surface area contributed by atoms with Gasteiger partial charge in [0.05, 0.1) is 16.8 Å². The van der Waals surface area contributed by atoms with Gasteiger partial charge in [-0.3, -0.25) is 4.79 Å². The molecular weight excluding hydrogens is 276 g/mol. The maximum Gasteiger partial charge on any atom is 0.311 e. The van der Waals surface area contributed by atoms with E-state index in [1.165, 1.54) is 5.56 Å². The summed E-state index contributed by atoms with van der Waals surface area (Å²) >= 11 is 1.60. The molecule has 1 aliphatic rings. The first-order chi connectivity index (χ1) is 9.66. The molecule has 2 aromatic rings. The monoisotopic (exact) mass is 292 g/mol. The summed E-state index contributed by atoms with van der Waals surface area (Å²) in [5, 5.41) is 23.3. The Morgan fingerprint density at radius 3 is 2.95 bits per heavy atom. The van der Waals surface area contributed by atoms with Crippen LogP contribution < -0.4 is 0 Å². The summed E-state index contributed by atoms with van der Waals surface area (Å²) in [7, 11) is 0. The maximum absolute atomic E-state index is 11.5. The van der Waals surface area contributed by atoms with E-state index in [1.54, 1.807) is 16.0 Å². The van der Waals surface area contributed by atoms with E-state index >= 15 is 0 Å². The van der Waals surface area contributed by atoms with Crippen molar-refractivity contribution in [2.24, 2.45) is 5.41 Å². The first-order valence-electron chi connectivity index (χ1n) is 6.72. The minimum absolute atomic E-state index is 0.353. The van der Waals surface area contributed by atoms with E-state index in [4.69, 9.17) is 0 Å². The molecule has 0 aliphatic heterocycles. The Kier molecular flexibility index (Phi) is 3.29. The predicted molar refractivity (Wildman–Crippen MR) is 74.4 cm³/mol. The molecule has 106 valence electrons. The number of thiophene rings is 1. The Balaban J connectivity index is 1.93. The number of nitrogens with zero attached hydrogens (tertiary/aromatic N) is 4. The molecule has 1 saturated carbocycles. The summed E-state index contributed by atoms with van der Waals surface area (Å²) in [6.07, 6.45) is 3.28. The highest BCUT2D eigenvalue weighted by Crippen LogP contribution is 2.43. The summed E-state index contributed by atoms with van der Waals surface area (Å²) in [5.74, 6) is -0.0588. The van der Waals surface area contributed by atoms with Crippen molar-refractivity contribution in [2.45, 2.75) is 39.2 Å². The quantitative estimate of drug-likeness (QED) is 0.914. The molecule has 1 fully saturated rings. The lowest BCUT2D eigenvalue weighted by molar-refractivity contribution is -0.156. The zero-order valence-electron chi connectivity index (χ0n) is 11.2. The highest BCUT2D eigenvalue weighted by molar-refractivity contribution is 7.13. The minimum Gasteiger partial charge on any atom is -0.481 e. The van der Waals surface area contributed by atoms with Gasteiger partial charge in [-0.25, -0.2) is 4.68 Å². The lowest BCUT2D eigenvalue weighted by Gasteiger charge is -2.37. The molecular formula is C13H16N4O2S. The number of carbonyl (C=O) groups is 1. The van der Waals surface area contributed by atoms with Crippen molar-refractivity contribution in [2.75, 3.05) is 0 Å². The number of aliphatic carboxylic acids is 1. The fourth-order valence-electron chi connectivity index (χ4n) is 2.61. The van der Waals surface area contributed by atoms with Crippen LogP contribution in [-0.2, 0) is 17.8 Å². The van der Waals surface area contributed by atoms with E-state index in [0.29, 0.717) is 25.2 Å². The van der Waals surface area contributed by atoms with Gasteiger partial charge >= 0.3 is 5.97 Å². The van der Waals surface area contributed by atoms with Crippen LogP contribution in [0.2, 0.25) is 0 Å². The smallest absolute Gasteiger partial charge is 0.311 e. The van der Waals surface area contributed by atoms with Crippen LogP contribution in [0, 0.1) is 5.41 Å². The highest BCUT2D eigenvalue weighted by atomic mass is 32.1. The second-order valence-electron chi connectivity index (χ2n) is 5.23. The molecule has 7 heteroatoms. The number of carboxylic acids is 1. The number of hydrogen-bond donors (Lipinski definition) is 1. The maximum atomic E-state index is 11.5. The normalized spacial score (nSPS) is 16.9. The van der Waals surface area contributed by atoms with Gasteiger partial charge in [0.1, 0.15) is 0 Å². The topological polar surface area (TPSA) is 80.9 Å². The van der Waals surface area contributed by atoms with Gasteiger partial charge < -0.3 is 5.11 Å². The summed E-state index contributed by atoms with van der Waals surface area (Å²) in [6, 6.07) is 2.06. The van der Waals surface area contributed by atoms with Gasteiger partial charge in [0.2, 0.25) is 0 Å². The van der Waals surface area contributed by atoms with Crippen LogP contribution in [0.4, 0.5) is 0 Å². The van der Waals surface area contributed by atoms with Crippen molar-refractivity contribution in [1.82, 2.24) is 20.2 Å². The molecule has 1 aliphatic carbocycles. The molecule has 0 unspecified atom stereocenters. The van der Waals surface area contributed by atoms with Gasteiger partial charge in [-0.15, -0.1) is 16.4 Å². The summed E-state index contributed by atoms with van der Waals surface area (Å²) in [6.45, 7) is 2.44. The Morgan fingerprint density at radius 2 is 2.35 bits per heavy atom. The fourth-order valence-corrected chi connectivity index (χ4v) is 3.60. The van der Waals surface area contributed by atoms with Crippen LogP contribution in [0.25, 0.3) is 10.7 Å². The molecule has 0 amide bonds. The molecule has 3 rings (SSSR count). The molecule has 6 nitrogen and oxygen atoms in total. The molecule has 0 saturated heterocycles. The Labute approximate surface area is 120 Å². The molecule has 0 radical (unpaired) electrons. The number of hydrogen-bond acceptors (Lipinski definition) is 5. The first kappa shape index (κ1) is 13.2. The lowest BCUT2D eigenvalue weighted by Crippen LogP contribution is -2.42. The summed E-state index contributed by atoms with van der Waals surface area (Å²) in [5.41, 5.74) is 0.511. The second kappa shape index (κ2) is 4.97. The standard InChI is InChI=1S/C13H16N4O2S/c1-2-9-4-7-20-10(9)11-14-15-16-17(11)8-13(12(18)19)5-3-6-13/h4,7H,2-3,5-6,8H2,1H3,(H,18,19).